The van der Waals surface area contributed by atoms with Crippen LogP contribution in [0.5, 0.6) is 5.75 Å². The lowest BCUT2D eigenvalue weighted by atomic mass is 10.0. The summed E-state index contributed by atoms with van der Waals surface area (Å²) in [5.41, 5.74) is 4.45. The van der Waals surface area contributed by atoms with E-state index >= 15 is 0 Å². The monoisotopic (exact) mass is 360 g/mol. The van der Waals surface area contributed by atoms with E-state index in [0.717, 1.165) is 37.8 Å². The molecule has 22 heavy (non-hydrogen) atoms. The average Bonchev–Trinajstić information content (AvgIpc) is 2.87. The van der Waals surface area contributed by atoms with E-state index in [9.17, 15) is 0 Å². The van der Waals surface area contributed by atoms with Crippen molar-refractivity contribution < 1.29 is 9.47 Å². The van der Waals surface area contributed by atoms with Crippen molar-refractivity contribution in [3.63, 3.8) is 0 Å². The SMILES string of the molecule is COCOc1cc(-c2cc(C)c3nn(C)cc3c2)ccc1Br. The number of nitrogens with zero attached hydrogens (tertiary/aromatic N) is 2. The van der Waals surface area contributed by atoms with E-state index in [1.807, 2.05) is 30.1 Å². The number of methoxy groups -OCH3 is 1. The van der Waals surface area contributed by atoms with E-state index in [-0.39, 0.29) is 6.79 Å². The summed E-state index contributed by atoms with van der Waals surface area (Å²) in [5.74, 6) is 0.767. The van der Waals surface area contributed by atoms with Gasteiger partial charge in [-0.3, -0.25) is 4.68 Å². The van der Waals surface area contributed by atoms with Crippen LogP contribution in [0.4, 0.5) is 0 Å². The summed E-state index contributed by atoms with van der Waals surface area (Å²) >= 11 is 3.50. The van der Waals surface area contributed by atoms with E-state index in [4.69, 9.17) is 9.47 Å². The van der Waals surface area contributed by atoms with E-state index in [1.165, 1.54) is 0 Å². The lowest BCUT2D eigenvalue weighted by Crippen LogP contribution is -1.99. The maximum Gasteiger partial charge on any atom is 0.188 e. The molecule has 0 fully saturated rings. The number of rotatable bonds is 4. The molecule has 0 unspecified atom stereocenters. The molecule has 0 saturated heterocycles. The normalized spacial score (nSPS) is 11.1. The second-order valence-electron chi connectivity index (χ2n) is 5.23. The van der Waals surface area contributed by atoms with Gasteiger partial charge in [-0.15, -0.1) is 0 Å². The highest BCUT2D eigenvalue weighted by atomic mass is 79.9. The minimum atomic E-state index is 0.225. The number of aryl methyl sites for hydroxylation is 2. The van der Waals surface area contributed by atoms with Crippen molar-refractivity contribution in [1.82, 2.24) is 9.78 Å². The first-order chi connectivity index (χ1) is 10.6. The van der Waals surface area contributed by atoms with E-state index in [1.54, 1.807) is 7.11 Å². The summed E-state index contributed by atoms with van der Waals surface area (Å²) < 4.78 is 13.3. The van der Waals surface area contributed by atoms with E-state index in [2.05, 4.69) is 46.2 Å². The second kappa shape index (κ2) is 6.10. The molecule has 0 bridgehead atoms. The van der Waals surface area contributed by atoms with E-state index in [0.29, 0.717) is 0 Å². The smallest absolute Gasteiger partial charge is 0.188 e. The minimum Gasteiger partial charge on any atom is -0.466 e. The number of aromatic nitrogens is 2. The Bertz CT molecular complexity index is 827. The van der Waals surface area contributed by atoms with Gasteiger partial charge in [0.1, 0.15) is 5.75 Å². The molecule has 0 aliphatic carbocycles. The van der Waals surface area contributed by atoms with Crippen LogP contribution in [0.1, 0.15) is 5.56 Å². The van der Waals surface area contributed by atoms with Crippen LogP contribution in [0.3, 0.4) is 0 Å². The van der Waals surface area contributed by atoms with Gasteiger partial charge in [0.2, 0.25) is 0 Å². The Morgan fingerprint density at radius 1 is 1.18 bits per heavy atom. The molecule has 1 heterocycles. The van der Waals surface area contributed by atoms with Gasteiger partial charge in [0.15, 0.2) is 6.79 Å². The predicted octanol–water partition coefficient (Wildman–Crippen LogP) is 4.29. The lowest BCUT2D eigenvalue weighted by Gasteiger charge is -2.10. The molecule has 3 rings (SSSR count). The number of benzene rings is 2. The summed E-state index contributed by atoms with van der Waals surface area (Å²) in [4.78, 5) is 0. The van der Waals surface area contributed by atoms with Crippen molar-refractivity contribution in [2.24, 2.45) is 7.05 Å². The molecule has 3 aromatic rings. The van der Waals surface area contributed by atoms with Gasteiger partial charge in [0, 0.05) is 25.7 Å². The highest BCUT2D eigenvalue weighted by molar-refractivity contribution is 9.10. The third-order valence-electron chi connectivity index (χ3n) is 3.51. The van der Waals surface area contributed by atoms with Crippen molar-refractivity contribution >= 4 is 26.8 Å². The number of ether oxygens (including phenoxy) is 2. The zero-order valence-corrected chi connectivity index (χ0v) is 14.3. The quantitative estimate of drug-likeness (QED) is 0.651. The molecule has 0 saturated carbocycles. The molecule has 0 radical (unpaired) electrons. The summed E-state index contributed by atoms with van der Waals surface area (Å²) in [6.45, 7) is 2.31. The van der Waals surface area contributed by atoms with Crippen molar-refractivity contribution in [3.05, 3.63) is 46.6 Å². The standard InChI is InChI=1S/C17H17BrN2O2/c1-11-6-13(7-14-9-20(2)19-17(11)14)12-4-5-15(18)16(8-12)22-10-21-3/h4-9H,10H2,1-3H3. The zero-order chi connectivity index (χ0) is 15.7. The van der Waals surface area contributed by atoms with E-state index < -0.39 is 0 Å². The molecule has 114 valence electrons. The molecule has 0 aliphatic rings. The fourth-order valence-corrected chi connectivity index (χ4v) is 2.87. The summed E-state index contributed by atoms with van der Waals surface area (Å²) in [6.07, 6.45) is 2.03. The molecule has 0 aliphatic heterocycles. The predicted molar refractivity (Wildman–Crippen MR) is 91.1 cm³/mol. The Balaban J connectivity index is 2.06. The molecule has 1 aromatic heterocycles. The van der Waals surface area contributed by atoms with Gasteiger partial charge in [-0.25, -0.2) is 0 Å². The number of halogens is 1. The van der Waals surface area contributed by atoms with Gasteiger partial charge in [0.05, 0.1) is 9.99 Å². The van der Waals surface area contributed by atoms with Crippen LogP contribution >= 0.6 is 15.9 Å². The summed E-state index contributed by atoms with van der Waals surface area (Å²) in [6, 6.07) is 10.4. The van der Waals surface area contributed by atoms with Crippen LogP contribution in [0, 0.1) is 6.92 Å². The van der Waals surface area contributed by atoms with Crippen molar-refractivity contribution in [1.29, 1.82) is 0 Å². The van der Waals surface area contributed by atoms with Gasteiger partial charge in [-0.1, -0.05) is 6.07 Å². The van der Waals surface area contributed by atoms with Crippen LogP contribution in [-0.2, 0) is 11.8 Å². The van der Waals surface area contributed by atoms with Crippen molar-refractivity contribution in [2.75, 3.05) is 13.9 Å². The van der Waals surface area contributed by atoms with Crippen molar-refractivity contribution in [3.8, 4) is 16.9 Å². The summed E-state index contributed by atoms with van der Waals surface area (Å²) in [5, 5.41) is 5.63. The van der Waals surface area contributed by atoms with Gasteiger partial charge < -0.3 is 9.47 Å². The molecular formula is C17H17BrN2O2. The third kappa shape index (κ3) is 2.87. The van der Waals surface area contributed by atoms with Crippen LogP contribution in [-0.4, -0.2) is 23.7 Å². The molecule has 0 atom stereocenters. The minimum absolute atomic E-state index is 0.225. The lowest BCUT2D eigenvalue weighted by molar-refractivity contribution is 0.0506. The molecule has 5 heteroatoms. The molecule has 2 aromatic carbocycles. The Morgan fingerprint density at radius 2 is 2.00 bits per heavy atom. The van der Waals surface area contributed by atoms with Crippen LogP contribution in [0.25, 0.3) is 22.0 Å². The topological polar surface area (TPSA) is 36.3 Å². The Hall–Kier alpha value is -1.85. The Kier molecular flexibility index (Phi) is 4.18. The molecule has 4 nitrogen and oxygen atoms in total. The highest BCUT2D eigenvalue weighted by Gasteiger charge is 2.09. The fraction of sp³-hybridized carbons (Fsp3) is 0.235. The fourth-order valence-electron chi connectivity index (χ4n) is 2.51. The highest BCUT2D eigenvalue weighted by Crippen LogP contribution is 2.33. The van der Waals surface area contributed by atoms with Gasteiger partial charge in [-0.05, 0) is 63.8 Å². The largest absolute Gasteiger partial charge is 0.466 e. The first kappa shape index (κ1) is 15.1. The zero-order valence-electron chi connectivity index (χ0n) is 12.8. The first-order valence-corrected chi connectivity index (χ1v) is 7.73. The average molecular weight is 361 g/mol. The first-order valence-electron chi connectivity index (χ1n) is 6.94. The van der Waals surface area contributed by atoms with Gasteiger partial charge in [0.25, 0.3) is 0 Å². The van der Waals surface area contributed by atoms with Crippen LogP contribution in [0.15, 0.2) is 41.0 Å². The Labute approximate surface area is 137 Å². The van der Waals surface area contributed by atoms with Gasteiger partial charge in [-0.2, -0.15) is 5.10 Å². The second-order valence-corrected chi connectivity index (χ2v) is 6.08. The third-order valence-corrected chi connectivity index (χ3v) is 4.17. The maximum absolute atomic E-state index is 5.58. The number of fused-ring (bicyclic) bond motifs is 1. The van der Waals surface area contributed by atoms with Crippen LogP contribution in [0.2, 0.25) is 0 Å². The molecule has 0 amide bonds. The molecular weight excluding hydrogens is 344 g/mol. The number of hydrogen-bond donors (Lipinski definition) is 0. The summed E-state index contributed by atoms with van der Waals surface area (Å²) in [7, 11) is 3.55. The Morgan fingerprint density at radius 3 is 2.77 bits per heavy atom. The maximum atomic E-state index is 5.58. The van der Waals surface area contributed by atoms with Crippen LogP contribution < -0.4 is 4.74 Å². The van der Waals surface area contributed by atoms with Crippen molar-refractivity contribution in [2.45, 2.75) is 6.92 Å². The van der Waals surface area contributed by atoms with Gasteiger partial charge >= 0.3 is 0 Å². The number of hydrogen-bond acceptors (Lipinski definition) is 3. The molecule has 0 spiro atoms. The molecule has 0 N–H and O–H groups in total.